The number of nitrogens with zero attached hydrogens (tertiary/aromatic N) is 4. The van der Waals surface area contributed by atoms with Crippen molar-refractivity contribution in [3.8, 4) is 17.0 Å². The van der Waals surface area contributed by atoms with E-state index in [9.17, 15) is 0 Å². The van der Waals surface area contributed by atoms with E-state index in [-0.39, 0.29) is 23.0 Å². The van der Waals surface area contributed by atoms with Crippen LogP contribution in [0.15, 0.2) is 205 Å². The summed E-state index contributed by atoms with van der Waals surface area (Å²) >= 11 is 0. The van der Waals surface area contributed by atoms with Gasteiger partial charge in [-0.15, -0.1) is 0 Å². The van der Waals surface area contributed by atoms with E-state index in [0.717, 1.165) is 50.7 Å². The average Bonchev–Trinajstić information content (AvgIpc) is 1.54. The van der Waals surface area contributed by atoms with Crippen LogP contribution in [0.4, 0.5) is 51.2 Å². The molecular weight excluding hydrogens is 1030 g/mol. The molecule has 14 rings (SSSR count). The molecule has 0 bridgehead atoms. The number of anilines is 9. The summed E-state index contributed by atoms with van der Waals surface area (Å²) in [5.74, 6) is 0.899. The van der Waals surface area contributed by atoms with Crippen molar-refractivity contribution in [3.63, 3.8) is 0 Å². The first-order chi connectivity index (χ1) is 40.6. The number of para-hydroxylation sites is 3. The van der Waals surface area contributed by atoms with Crippen LogP contribution in [0.25, 0.3) is 49.8 Å². The molecule has 0 amide bonds. The molecule has 0 spiro atoms. The molecule has 10 aromatic carbocycles. The van der Waals surface area contributed by atoms with Crippen molar-refractivity contribution in [1.82, 2.24) is 4.57 Å². The zero-order chi connectivity index (χ0) is 59.2. The largest absolute Gasteiger partial charge is 0.456 e. The van der Waals surface area contributed by atoms with Crippen LogP contribution < -0.4 is 31.1 Å². The molecule has 0 unspecified atom stereocenters. The summed E-state index contributed by atoms with van der Waals surface area (Å²) in [6.45, 7) is 32.2. The number of hydrogen-bond acceptors (Lipinski definition) is 4. The fourth-order valence-electron chi connectivity index (χ4n) is 14.1. The minimum Gasteiger partial charge on any atom is -0.456 e. The lowest BCUT2D eigenvalue weighted by Gasteiger charge is -2.45. The summed E-state index contributed by atoms with van der Waals surface area (Å²) in [4.78, 5) is 7.71. The summed E-state index contributed by atoms with van der Waals surface area (Å²) in [7, 11) is 0. The lowest BCUT2D eigenvalue weighted by Crippen LogP contribution is -2.61. The Labute approximate surface area is 502 Å². The second-order valence-corrected chi connectivity index (χ2v) is 27.4. The lowest BCUT2D eigenvalue weighted by molar-refractivity contribution is 0.589. The Hall–Kier alpha value is -9.00. The van der Waals surface area contributed by atoms with Crippen LogP contribution >= 0.6 is 0 Å². The first-order valence-electron chi connectivity index (χ1n) is 30.3. The number of rotatable bonds is 7. The van der Waals surface area contributed by atoms with E-state index in [0.29, 0.717) is 0 Å². The topological polar surface area (TPSA) is 27.8 Å². The van der Waals surface area contributed by atoms with Crippen molar-refractivity contribution in [3.05, 3.63) is 245 Å². The van der Waals surface area contributed by atoms with Crippen molar-refractivity contribution in [1.29, 1.82) is 0 Å². The summed E-state index contributed by atoms with van der Waals surface area (Å²) in [6.07, 6.45) is 0. The third-order valence-electron chi connectivity index (χ3n) is 18.3. The predicted octanol–water partition coefficient (Wildman–Crippen LogP) is 20.2. The fraction of sp³-hybridized carbons (Fsp3) is 0.215. The van der Waals surface area contributed by atoms with Crippen LogP contribution in [0.5, 0.6) is 0 Å². The number of fused-ring (bicyclic) bond motifs is 8. The SMILES string of the molecule is Cc1cc2c3c(c1)N(c1cc(C)c(-c4cc5ccccc5o4)c(C)c1)c1cc(C(C)(C)C)ccc1B3c1ccc(N(c3ccc4c5ccccc5n(-c5ccccc5)c4c3)c3c(C)cc(C(C)(C)C)cc3C)cc1N2c1ccc(C(C)(C)C)cc1. The second kappa shape index (κ2) is 19.5. The van der Waals surface area contributed by atoms with Crippen LogP contribution in [0.3, 0.4) is 0 Å². The molecule has 12 aromatic rings. The molecule has 4 heterocycles. The van der Waals surface area contributed by atoms with Gasteiger partial charge in [-0.2, -0.15) is 0 Å². The Morgan fingerprint density at radius 1 is 0.400 bits per heavy atom. The molecule has 0 atom stereocenters. The third kappa shape index (κ3) is 8.89. The van der Waals surface area contributed by atoms with Crippen LogP contribution in [0.2, 0.25) is 0 Å². The van der Waals surface area contributed by atoms with Gasteiger partial charge in [-0.3, -0.25) is 0 Å². The minimum atomic E-state index is -0.0889. The smallest absolute Gasteiger partial charge is 0.252 e. The molecule has 0 N–H and O–H groups in total. The Morgan fingerprint density at radius 2 is 0.953 bits per heavy atom. The molecule has 6 heteroatoms. The Morgan fingerprint density at radius 3 is 1.61 bits per heavy atom. The number of aryl methyl sites for hydroxylation is 5. The molecule has 0 aliphatic carbocycles. The number of furan rings is 1. The molecule has 2 aliphatic rings. The summed E-state index contributed by atoms with van der Waals surface area (Å²) in [5, 5.41) is 3.58. The van der Waals surface area contributed by atoms with Gasteiger partial charge in [0.15, 0.2) is 0 Å². The highest BCUT2D eigenvalue weighted by atomic mass is 16.3. The van der Waals surface area contributed by atoms with Gasteiger partial charge in [0.05, 0.1) is 16.7 Å². The van der Waals surface area contributed by atoms with Gasteiger partial charge in [0.25, 0.3) is 6.71 Å². The van der Waals surface area contributed by atoms with Crippen molar-refractivity contribution >= 4 is 107 Å². The van der Waals surface area contributed by atoms with E-state index in [1.54, 1.807) is 0 Å². The van der Waals surface area contributed by atoms with Crippen LogP contribution in [-0.4, -0.2) is 11.3 Å². The zero-order valence-corrected chi connectivity index (χ0v) is 51.8. The number of benzene rings is 10. The Bertz CT molecular complexity index is 4590. The monoisotopic (exact) mass is 1110 g/mol. The molecule has 0 saturated carbocycles. The molecule has 0 saturated heterocycles. The van der Waals surface area contributed by atoms with Gasteiger partial charge in [-0.25, -0.2) is 0 Å². The highest BCUT2D eigenvalue weighted by molar-refractivity contribution is 7.00. The minimum absolute atomic E-state index is 0.0164. The molecule has 0 radical (unpaired) electrons. The van der Waals surface area contributed by atoms with Crippen molar-refractivity contribution in [2.75, 3.05) is 14.7 Å². The summed E-state index contributed by atoms with van der Waals surface area (Å²) < 4.78 is 9.01. The molecule has 420 valence electrons. The third-order valence-corrected chi connectivity index (χ3v) is 18.3. The first kappa shape index (κ1) is 54.0. The lowest BCUT2D eigenvalue weighted by atomic mass is 9.33. The maximum Gasteiger partial charge on any atom is 0.252 e. The van der Waals surface area contributed by atoms with Gasteiger partial charge in [0.2, 0.25) is 0 Å². The Kier molecular flexibility index (Phi) is 12.4. The summed E-state index contributed by atoms with van der Waals surface area (Å²) in [6, 6.07) is 75.9. The van der Waals surface area contributed by atoms with Crippen molar-refractivity contribution in [2.24, 2.45) is 0 Å². The van der Waals surface area contributed by atoms with E-state index < -0.39 is 0 Å². The fourth-order valence-corrected chi connectivity index (χ4v) is 14.1. The normalized spacial score (nSPS) is 13.2. The maximum atomic E-state index is 6.58. The number of hydrogen-bond donors (Lipinski definition) is 0. The molecule has 2 aliphatic heterocycles. The van der Waals surface area contributed by atoms with Gasteiger partial charge >= 0.3 is 0 Å². The predicted molar refractivity (Wildman–Crippen MR) is 364 cm³/mol. The molecule has 2 aromatic heterocycles. The second-order valence-electron chi connectivity index (χ2n) is 27.4. The van der Waals surface area contributed by atoms with Gasteiger partial charge < -0.3 is 23.7 Å². The van der Waals surface area contributed by atoms with Crippen LogP contribution in [0, 0.1) is 34.6 Å². The van der Waals surface area contributed by atoms with E-state index >= 15 is 0 Å². The van der Waals surface area contributed by atoms with Gasteiger partial charge in [0.1, 0.15) is 11.3 Å². The van der Waals surface area contributed by atoms with Gasteiger partial charge in [-0.05, 0) is 209 Å². The first-order valence-corrected chi connectivity index (χ1v) is 30.3. The van der Waals surface area contributed by atoms with Crippen LogP contribution in [0.1, 0.15) is 107 Å². The van der Waals surface area contributed by atoms with Crippen molar-refractivity contribution < 1.29 is 4.42 Å². The maximum absolute atomic E-state index is 6.58. The van der Waals surface area contributed by atoms with Gasteiger partial charge in [-0.1, -0.05) is 165 Å². The van der Waals surface area contributed by atoms with Crippen molar-refractivity contribution in [2.45, 2.75) is 113 Å². The van der Waals surface area contributed by atoms with Crippen LogP contribution in [-0.2, 0) is 16.2 Å². The standard InChI is InChI=1S/C79H75BN4O/c1-48-38-70-75-71(39-48)84(61-42-49(2)74(50(3)43-61)73-44-53-22-18-21-27-72(53)85-73)68-45-55(78(9,10)11)30-36-64(68)80(75)65-37-34-60(47-69(65)83(70)58-31-28-54(29-32-58)77(6,7)8)81(76-51(4)40-56(41-52(76)5)79(12,13)14)59-33-35-63-62-25-19-20-26-66(62)82(67(63)46-59)57-23-16-15-17-24-57/h15-47H,1-14H3. The highest BCUT2D eigenvalue weighted by Crippen LogP contribution is 2.50. The molecule has 5 nitrogen and oxygen atoms in total. The molecule has 0 fully saturated rings. The van der Waals surface area contributed by atoms with E-state index in [2.05, 4.69) is 310 Å². The number of aromatic nitrogens is 1. The summed E-state index contributed by atoms with van der Waals surface area (Å²) in [5.41, 5.74) is 29.7. The average molecular weight is 1110 g/mol. The van der Waals surface area contributed by atoms with E-state index in [1.165, 1.54) is 111 Å². The van der Waals surface area contributed by atoms with E-state index in [4.69, 9.17) is 4.42 Å². The highest BCUT2D eigenvalue weighted by Gasteiger charge is 2.44. The molecule has 85 heavy (non-hydrogen) atoms. The van der Waals surface area contributed by atoms with Gasteiger partial charge in [0, 0.05) is 72.9 Å². The molecular formula is C79H75BN4O. The quantitative estimate of drug-likeness (QED) is 0.149. The van der Waals surface area contributed by atoms with E-state index in [1.807, 2.05) is 6.07 Å². The zero-order valence-electron chi connectivity index (χ0n) is 51.8. The Balaban J connectivity index is 1.03.